The van der Waals surface area contributed by atoms with E-state index in [4.69, 9.17) is 9.47 Å². The first-order valence-electron chi connectivity index (χ1n) is 6.90. The third-order valence-corrected chi connectivity index (χ3v) is 5.22. The minimum absolute atomic E-state index is 0.559. The van der Waals surface area contributed by atoms with Gasteiger partial charge in [-0.15, -0.1) is 11.3 Å². The molecular formula is C16H19BrO3S. The molecule has 1 heterocycles. The van der Waals surface area contributed by atoms with Crippen molar-refractivity contribution in [3.05, 3.63) is 44.1 Å². The minimum Gasteiger partial charge on any atom is -0.490 e. The van der Waals surface area contributed by atoms with Crippen LogP contribution < -0.4 is 9.47 Å². The first-order valence-corrected chi connectivity index (χ1v) is 8.51. The summed E-state index contributed by atoms with van der Waals surface area (Å²) >= 11 is 5.07. The van der Waals surface area contributed by atoms with Crippen LogP contribution in [0.1, 0.15) is 35.3 Å². The predicted octanol–water partition coefficient (Wildman–Crippen LogP) is 4.70. The number of rotatable bonds is 6. The Labute approximate surface area is 137 Å². The maximum atomic E-state index is 10.5. The van der Waals surface area contributed by atoms with Gasteiger partial charge in [0, 0.05) is 14.2 Å². The molecule has 0 radical (unpaired) electrons. The van der Waals surface area contributed by atoms with Crippen molar-refractivity contribution < 1.29 is 14.6 Å². The van der Waals surface area contributed by atoms with Crippen molar-refractivity contribution in [2.75, 3.05) is 13.2 Å². The van der Waals surface area contributed by atoms with E-state index >= 15 is 0 Å². The Hall–Kier alpha value is -1.04. The lowest BCUT2D eigenvalue weighted by Gasteiger charge is -2.15. The lowest BCUT2D eigenvalue weighted by Crippen LogP contribution is -2.02. The Bertz CT molecular complexity index is 590. The molecule has 3 nitrogen and oxygen atoms in total. The summed E-state index contributed by atoms with van der Waals surface area (Å²) in [5.74, 6) is 1.38. The van der Waals surface area contributed by atoms with Gasteiger partial charge in [-0.1, -0.05) is 6.07 Å². The maximum absolute atomic E-state index is 10.5. The van der Waals surface area contributed by atoms with Gasteiger partial charge < -0.3 is 14.6 Å². The van der Waals surface area contributed by atoms with Crippen molar-refractivity contribution in [3.8, 4) is 11.5 Å². The fourth-order valence-electron chi connectivity index (χ4n) is 2.02. The second kappa shape index (κ2) is 7.29. The van der Waals surface area contributed by atoms with Crippen LogP contribution in [0.2, 0.25) is 0 Å². The van der Waals surface area contributed by atoms with Crippen molar-refractivity contribution >= 4 is 27.3 Å². The lowest BCUT2D eigenvalue weighted by atomic mass is 10.1. The highest BCUT2D eigenvalue weighted by molar-refractivity contribution is 9.10. The van der Waals surface area contributed by atoms with Crippen LogP contribution in [0.4, 0.5) is 0 Å². The number of thiophene rings is 1. The zero-order chi connectivity index (χ0) is 15.4. The third kappa shape index (κ3) is 3.78. The minimum atomic E-state index is -0.658. The quantitative estimate of drug-likeness (QED) is 0.800. The van der Waals surface area contributed by atoms with Gasteiger partial charge in [0.05, 0.1) is 13.2 Å². The van der Waals surface area contributed by atoms with Crippen molar-refractivity contribution in [2.45, 2.75) is 26.9 Å². The molecule has 1 aromatic heterocycles. The van der Waals surface area contributed by atoms with Crippen LogP contribution in [-0.4, -0.2) is 18.3 Å². The van der Waals surface area contributed by atoms with Gasteiger partial charge in [0.15, 0.2) is 11.5 Å². The fraction of sp³-hybridized carbons (Fsp3) is 0.375. The predicted molar refractivity (Wildman–Crippen MR) is 89.6 cm³/mol. The van der Waals surface area contributed by atoms with E-state index in [1.54, 1.807) is 11.3 Å². The molecule has 0 amide bonds. The highest BCUT2D eigenvalue weighted by atomic mass is 79.9. The Morgan fingerprint density at radius 3 is 2.38 bits per heavy atom. The van der Waals surface area contributed by atoms with Gasteiger partial charge in [-0.05, 0) is 60.5 Å². The molecule has 21 heavy (non-hydrogen) atoms. The van der Waals surface area contributed by atoms with Crippen LogP contribution in [0.3, 0.4) is 0 Å². The average Bonchev–Trinajstić information content (AvgIpc) is 2.80. The van der Waals surface area contributed by atoms with Crippen LogP contribution in [0.25, 0.3) is 0 Å². The van der Waals surface area contributed by atoms with Crippen molar-refractivity contribution in [2.24, 2.45) is 0 Å². The molecule has 0 aliphatic carbocycles. The summed E-state index contributed by atoms with van der Waals surface area (Å²) in [5.41, 5.74) is 0.802. The number of aliphatic hydroxyl groups is 1. The third-order valence-electron chi connectivity index (χ3n) is 3.03. The first kappa shape index (κ1) is 16.3. The molecule has 0 saturated carbocycles. The smallest absolute Gasteiger partial charge is 0.161 e. The summed E-state index contributed by atoms with van der Waals surface area (Å²) in [4.78, 5) is 2.06. The summed E-state index contributed by atoms with van der Waals surface area (Å²) in [7, 11) is 0. The molecule has 0 aliphatic rings. The second-order valence-corrected chi connectivity index (χ2v) is 6.67. The summed E-state index contributed by atoms with van der Waals surface area (Å²) in [6, 6.07) is 7.54. The molecule has 0 spiro atoms. The molecule has 2 rings (SSSR count). The number of benzene rings is 1. The molecule has 1 unspecified atom stereocenters. The van der Waals surface area contributed by atoms with E-state index in [1.165, 1.54) is 0 Å². The van der Waals surface area contributed by atoms with Crippen molar-refractivity contribution in [1.29, 1.82) is 0 Å². The normalized spacial score (nSPS) is 12.2. The Balaban J connectivity index is 2.32. The van der Waals surface area contributed by atoms with Gasteiger partial charge >= 0.3 is 0 Å². The fourth-order valence-corrected chi connectivity index (χ4v) is 3.59. The van der Waals surface area contributed by atoms with Crippen molar-refractivity contribution in [3.63, 3.8) is 0 Å². The molecule has 1 N–H and O–H groups in total. The number of ether oxygens (including phenoxy) is 2. The van der Waals surface area contributed by atoms with E-state index in [-0.39, 0.29) is 0 Å². The molecule has 0 aliphatic heterocycles. The highest BCUT2D eigenvalue weighted by Crippen LogP contribution is 2.37. The second-order valence-electron chi connectivity index (χ2n) is 4.53. The van der Waals surface area contributed by atoms with Crippen molar-refractivity contribution in [1.82, 2.24) is 0 Å². The first-order chi connectivity index (χ1) is 10.1. The van der Waals surface area contributed by atoms with Gasteiger partial charge in [-0.2, -0.15) is 0 Å². The van der Waals surface area contributed by atoms with E-state index in [0.29, 0.717) is 24.7 Å². The van der Waals surface area contributed by atoms with Gasteiger partial charge in [0.25, 0.3) is 0 Å². The Kier molecular flexibility index (Phi) is 5.67. The van der Waals surface area contributed by atoms with E-state index in [2.05, 4.69) is 15.9 Å². The summed E-state index contributed by atoms with van der Waals surface area (Å²) in [6.45, 7) is 7.03. The Morgan fingerprint density at radius 2 is 1.81 bits per heavy atom. The van der Waals surface area contributed by atoms with Gasteiger partial charge in [0.2, 0.25) is 0 Å². The number of halogens is 1. The number of aryl methyl sites for hydroxylation is 1. The molecule has 2 aromatic rings. The molecule has 0 bridgehead atoms. The van der Waals surface area contributed by atoms with Gasteiger partial charge in [0.1, 0.15) is 6.10 Å². The van der Waals surface area contributed by atoms with Gasteiger partial charge in [-0.3, -0.25) is 0 Å². The average molecular weight is 371 g/mol. The highest BCUT2D eigenvalue weighted by Gasteiger charge is 2.17. The van der Waals surface area contributed by atoms with E-state index in [9.17, 15) is 5.11 Å². The standard InChI is InChI=1S/C16H19BrO3S/c1-4-19-13-7-6-11(8-14(13)20-5-2)16(18)15-9-12(17)10(3)21-15/h6-9,16,18H,4-5H2,1-3H3. The molecule has 1 atom stereocenters. The molecule has 0 saturated heterocycles. The Morgan fingerprint density at radius 1 is 1.14 bits per heavy atom. The topological polar surface area (TPSA) is 38.7 Å². The van der Waals surface area contributed by atoms with Crippen LogP contribution in [0.5, 0.6) is 11.5 Å². The lowest BCUT2D eigenvalue weighted by molar-refractivity contribution is 0.222. The van der Waals surface area contributed by atoms with Crippen LogP contribution in [0, 0.1) is 6.92 Å². The van der Waals surface area contributed by atoms with Crippen LogP contribution >= 0.6 is 27.3 Å². The monoisotopic (exact) mass is 370 g/mol. The molecular weight excluding hydrogens is 352 g/mol. The molecule has 114 valence electrons. The summed E-state index contributed by atoms with van der Waals surface area (Å²) in [6.07, 6.45) is -0.658. The zero-order valence-electron chi connectivity index (χ0n) is 12.4. The van der Waals surface area contributed by atoms with Crippen LogP contribution in [0.15, 0.2) is 28.7 Å². The number of hydrogen-bond acceptors (Lipinski definition) is 4. The zero-order valence-corrected chi connectivity index (χ0v) is 14.8. The van der Waals surface area contributed by atoms with E-state index in [0.717, 1.165) is 19.8 Å². The summed E-state index contributed by atoms with van der Waals surface area (Å²) < 4.78 is 12.2. The largest absolute Gasteiger partial charge is 0.490 e. The maximum Gasteiger partial charge on any atom is 0.161 e. The molecule has 1 aromatic carbocycles. The number of aliphatic hydroxyl groups excluding tert-OH is 1. The van der Waals surface area contributed by atoms with Gasteiger partial charge in [-0.25, -0.2) is 0 Å². The van der Waals surface area contributed by atoms with E-state index < -0.39 is 6.10 Å². The number of hydrogen-bond donors (Lipinski definition) is 1. The summed E-state index contributed by atoms with van der Waals surface area (Å²) in [5, 5.41) is 10.5. The van der Waals surface area contributed by atoms with Crippen LogP contribution in [-0.2, 0) is 0 Å². The molecule has 5 heteroatoms. The SMILES string of the molecule is CCOc1ccc(C(O)c2cc(Br)c(C)s2)cc1OCC. The molecule has 0 fully saturated rings. The van der Waals surface area contributed by atoms with E-state index in [1.807, 2.05) is 45.0 Å².